The summed E-state index contributed by atoms with van der Waals surface area (Å²) in [6.07, 6.45) is 1.41. The Balaban J connectivity index is 1.48. The third kappa shape index (κ3) is 5.14. The van der Waals surface area contributed by atoms with E-state index in [1.54, 1.807) is 30.9 Å². The van der Waals surface area contributed by atoms with Crippen LogP contribution < -0.4 is 4.72 Å². The third-order valence-corrected chi connectivity index (χ3v) is 7.22. The molecule has 2 heterocycles. The Morgan fingerprint density at radius 2 is 1.73 bits per heavy atom. The van der Waals surface area contributed by atoms with Gasteiger partial charge in [0.15, 0.2) is 5.78 Å². The Labute approximate surface area is 177 Å². The summed E-state index contributed by atoms with van der Waals surface area (Å²) in [6.45, 7) is 6.21. The van der Waals surface area contributed by atoms with Gasteiger partial charge >= 0.3 is 0 Å². The lowest BCUT2D eigenvalue weighted by Gasteiger charge is -2.32. The molecule has 0 spiro atoms. The molecule has 1 amide bonds. The highest BCUT2D eigenvalue weighted by molar-refractivity contribution is 7.89. The molecule has 8 nitrogen and oxygen atoms in total. The summed E-state index contributed by atoms with van der Waals surface area (Å²) in [6, 6.07) is 7.09. The lowest BCUT2D eigenvalue weighted by Crippen LogP contribution is -2.46. The van der Waals surface area contributed by atoms with Crippen LogP contribution in [0, 0.1) is 20.8 Å². The van der Waals surface area contributed by atoms with E-state index < -0.39 is 10.0 Å². The van der Waals surface area contributed by atoms with Crippen LogP contribution >= 0.6 is 0 Å². The number of hydrogen-bond donors (Lipinski definition) is 2. The van der Waals surface area contributed by atoms with Gasteiger partial charge in [0.2, 0.25) is 15.9 Å². The third-order valence-electron chi connectivity index (χ3n) is 5.44. The van der Waals surface area contributed by atoms with Crippen LogP contribution in [-0.2, 0) is 14.8 Å². The highest BCUT2D eigenvalue weighted by atomic mass is 32.2. The fourth-order valence-corrected chi connectivity index (χ4v) is 5.40. The molecule has 2 aromatic rings. The van der Waals surface area contributed by atoms with Crippen LogP contribution in [0.3, 0.4) is 0 Å². The maximum atomic E-state index is 12.7. The van der Waals surface area contributed by atoms with E-state index in [2.05, 4.69) is 14.9 Å². The van der Waals surface area contributed by atoms with Crippen molar-refractivity contribution in [2.24, 2.45) is 0 Å². The first kappa shape index (κ1) is 22.2. The van der Waals surface area contributed by atoms with Crippen molar-refractivity contribution in [1.29, 1.82) is 0 Å². The van der Waals surface area contributed by atoms with E-state index in [4.69, 9.17) is 0 Å². The molecule has 1 saturated heterocycles. The number of benzene rings is 1. The molecule has 1 aromatic carbocycles. The molecular formula is C21H28N4O4S. The summed E-state index contributed by atoms with van der Waals surface area (Å²) < 4.78 is 28.1. The molecule has 0 atom stereocenters. The minimum absolute atomic E-state index is 0.0446. The minimum atomic E-state index is -3.66. The quantitative estimate of drug-likeness (QED) is 0.652. The highest BCUT2D eigenvalue weighted by Crippen LogP contribution is 2.20. The summed E-state index contributed by atoms with van der Waals surface area (Å²) >= 11 is 0. The molecule has 30 heavy (non-hydrogen) atoms. The van der Waals surface area contributed by atoms with Gasteiger partial charge in [0.25, 0.3) is 0 Å². The predicted octanol–water partition coefficient (Wildman–Crippen LogP) is 2.27. The molecule has 0 saturated carbocycles. The largest absolute Gasteiger partial charge is 0.343 e. The van der Waals surface area contributed by atoms with E-state index in [-0.39, 0.29) is 35.5 Å². The Kier molecular flexibility index (Phi) is 6.72. The van der Waals surface area contributed by atoms with Gasteiger partial charge in [-0.25, -0.2) is 13.1 Å². The van der Waals surface area contributed by atoms with Crippen molar-refractivity contribution in [3.05, 3.63) is 46.8 Å². The van der Waals surface area contributed by atoms with Gasteiger partial charge in [-0.3, -0.25) is 14.7 Å². The number of carbonyl (C=O) groups excluding carboxylic acids is 2. The average molecular weight is 433 g/mol. The zero-order chi connectivity index (χ0) is 21.9. The van der Waals surface area contributed by atoms with E-state index in [1.807, 2.05) is 19.1 Å². The number of sulfonamides is 1. The van der Waals surface area contributed by atoms with Gasteiger partial charge in [0.05, 0.1) is 11.4 Å². The predicted molar refractivity (Wildman–Crippen MR) is 113 cm³/mol. The number of aromatic amines is 1. The first-order valence-corrected chi connectivity index (χ1v) is 11.6. The van der Waals surface area contributed by atoms with E-state index in [0.717, 1.165) is 5.56 Å². The van der Waals surface area contributed by atoms with Gasteiger partial charge < -0.3 is 4.90 Å². The second kappa shape index (κ2) is 9.09. The summed E-state index contributed by atoms with van der Waals surface area (Å²) in [4.78, 5) is 26.6. The highest BCUT2D eigenvalue weighted by Gasteiger charge is 2.29. The number of nitrogens with zero attached hydrogens (tertiary/aromatic N) is 2. The number of aromatic nitrogens is 2. The van der Waals surface area contributed by atoms with Crippen LogP contribution in [0.1, 0.15) is 53.0 Å². The summed E-state index contributed by atoms with van der Waals surface area (Å²) in [5.41, 5.74) is 2.64. The number of ketones is 1. The monoisotopic (exact) mass is 432 g/mol. The minimum Gasteiger partial charge on any atom is -0.343 e. The number of piperidine rings is 1. The van der Waals surface area contributed by atoms with Crippen molar-refractivity contribution >= 4 is 21.7 Å². The number of aryl methyl sites for hydroxylation is 3. The molecule has 1 aromatic heterocycles. The molecule has 1 fully saturated rings. The second-order valence-electron chi connectivity index (χ2n) is 7.83. The number of likely N-dealkylation sites (tertiary alicyclic amines) is 1. The number of H-pyrrole nitrogens is 1. The first-order chi connectivity index (χ1) is 14.2. The van der Waals surface area contributed by atoms with Crippen molar-refractivity contribution < 1.29 is 18.0 Å². The van der Waals surface area contributed by atoms with Gasteiger partial charge in [-0.2, -0.15) is 5.10 Å². The fourth-order valence-electron chi connectivity index (χ4n) is 3.72. The molecule has 0 aliphatic carbocycles. The maximum Gasteiger partial charge on any atom is 0.244 e. The van der Waals surface area contributed by atoms with E-state index >= 15 is 0 Å². The zero-order valence-electron chi connectivity index (χ0n) is 17.6. The smallest absolute Gasteiger partial charge is 0.244 e. The Morgan fingerprint density at radius 1 is 1.10 bits per heavy atom. The Hall–Kier alpha value is -2.52. The van der Waals surface area contributed by atoms with Gasteiger partial charge in [-0.05, 0) is 33.6 Å². The molecular weight excluding hydrogens is 404 g/mol. The molecule has 0 bridgehead atoms. The van der Waals surface area contributed by atoms with E-state index in [9.17, 15) is 18.0 Å². The molecule has 0 radical (unpaired) electrons. The van der Waals surface area contributed by atoms with Crippen molar-refractivity contribution in [3.63, 3.8) is 0 Å². The standard InChI is InChI=1S/C21H28N4O4S/c1-14-4-6-17(7-5-14)19(26)8-9-20(27)25-12-10-18(11-13-25)24-30(28,29)21-15(2)22-23-16(21)3/h4-7,18,24H,8-13H2,1-3H3,(H,22,23). The number of amides is 1. The van der Waals surface area contributed by atoms with Crippen LogP contribution in [0.15, 0.2) is 29.2 Å². The van der Waals surface area contributed by atoms with Crippen LogP contribution in [-0.4, -0.2) is 54.3 Å². The van der Waals surface area contributed by atoms with E-state index in [0.29, 0.717) is 42.9 Å². The molecule has 1 aliphatic rings. The Bertz CT molecular complexity index is 1000. The first-order valence-electron chi connectivity index (χ1n) is 10.1. The van der Waals surface area contributed by atoms with Crippen LogP contribution in [0.4, 0.5) is 0 Å². The SMILES string of the molecule is Cc1ccc(C(=O)CCC(=O)N2CCC(NS(=O)(=O)c3c(C)n[nH]c3C)CC2)cc1. The average Bonchev–Trinajstić information content (AvgIpc) is 3.05. The van der Waals surface area contributed by atoms with Gasteiger partial charge in [0, 0.05) is 37.5 Å². The molecule has 9 heteroatoms. The molecule has 0 unspecified atom stereocenters. The number of carbonyl (C=O) groups is 2. The lowest BCUT2D eigenvalue weighted by molar-refractivity contribution is -0.132. The van der Waals surface area contributed by atoms with Crippen molar-refractivity contribution in [3.8, 4) is 0 Å². The van der Waals surface area contributed by atoms with Crippen molar-refractivity contribution in [2.75, 3.05) is 13.1 Å². The summed E-state index contributed by atoms with van der Waals surface area (Å²) in [7, 11) is -3.66. The number of Topliss-reactive ketones (excluding diaryl/α,β-unsaturated/α-hetero) is 1. The fraction of sp³-hybridized carbons (Fsp3) is 0.476. The number of nitrogens with one attached hydrogen (secondary N) is 2. The van der Waals surface area contributed by atoms with Crippen LogP contribution in [0.5, 0.6) is 0 Å². The summed E-state index contributed by atoms with van der Waals surface area (Å²) in [5, 5.41) is 6.64. The Morgan fingerprint density at radius 3 is 2.30 bits per heavy atom. The molecule has 162 valence electrons. The normalized spacial score (nSPS) is 15.4. The van der Waals surface area contributed by atoms with Gasteiger partial charge in [0.1, 0.15) is 4.90 Å². The maximum absolute atomic E-state index is 12.7. The molecule has 2 N–H and O–H groups in total. The number of hydrogen-bond acceptors (Lipinski definition) is 5. The molecule has 1 aliphatic heterocycles. The van der Waals surface area contributed by atoms with Gasteiger partial charge in [-0.1, -0.05) is 29.8 Å². The van der Waals surface area contributed by atoms with Crippen LogP contribution in [0.25, 0.3) is 0 Å². The molecule has 3 rings (SSSR count). The number of rotatable bonds is 7. The van der Waals surface area contributed by atoms with Crippen LogP contribution in [0.2, 0.25) is 0 Å². The zero-order valence-corrected chi connectivity index (χ0v) is 18.4. The topological polar surface area (TPSA) is 112 Å². The summed E-state index contributed by atoms with van der Waals surface area (Å²) in [5.74, 6) is -0.116. The van der Waals surface area contributed by atoms with E-state index in [1.165, 1.54) is 0 Å². The van der Waals surface area contributed by atoms with Gasteiger partial charge in [-0.15, -0.1) is 0 Å². The lowest BCUT2D eigenvalue weighted by atomic mass is 10.0. The second-order valence-corrected chi connectivity index (χ2v) is 9.48. The van der Waals surface area contributed by atoms with Crippen molar-refractivity contribution in [2.45, 2.75) is 57.4 Å². The van der Waals surface area contributed by atoms with Crippen molar-refractivity contribution in [1.82, 2.24) is 19.8 Å².